The molecule has 0 fully saturated rings. The molecule has 0 radical (unpaired) electrons. The van der Waals surface area contributed by atoms with Crippen LogP contribution in [-0.4, -0.2) is 11.0 Å². The van der Waals surface area contributed by atoms with Crippen LogP contribution in [0.1, 0.15) is 20.3 Å². The molecule has 0 aliphatic heterocycles. The SMILES string of the molecule is CCC(C)[N+](=O)[O-]. The van der Waals surface area contributed by atoms with Gasteiger partial charge < -0.3 is 0 Å². The zero-order valence-corrected chi connectivity index (χ0v) is 4.55. The Morgan fingerprint density at radius 1 is 1.86 bits per heavy atom. The van der Waals surface area contributed by atoms with Crippen LogP contribution in [0.4, 0.5) is 0 Å². The molecule has 0 N–H and O–H groups in total. The Labute approximate surface area is 42.5 Å². The van der Waals surface area contributed by atoms with Gasteiger partial charge in [-0.3, -0.25) is 10.1 Å². The lowest BCUT2D eigenvalue weighted by molar-refractivity contribution is -0.518. The van der Waals surface area contributed by atoms with Gasteiger partial charge in [-0.2, -0.15) is 0 Å². The summed E-state index contributed by atoms with van der Waals surface area (Å²) in [6.07, 6.45) is 0.618. The summed E-state index contributed by atoms with van der Waals surface area (Å²) in [5.74, 6) is 0. The van der Waals surface area contributed by atoms with Crippen molar-refractivity contribution in [2.24, 2.45) is 0 Å². The van der Waals surface area contributed by atoms with Crippen LogP contribution in [0.5, 0.6) is 0 Å². The lowest BCUT2D eigenvalue weighted by Crippen LogP contribution is -2.12. The van der Waals surface area contributed by atoms with Crippen molar-refractivity contribution in [3.63, 3.8) is 0 Å². The lowest BCUT2D eigenvalue weighted by Gasteiger charge is -1.94. The van der Waals surface area contributed by atoms with E-state index in [1.807, 2.05) is 0 Å². The number of hydrogen-bond acceptors (Lipinski definition) is 2. The van der Waals surface area contributed by atoms with Crippen molar-refractivity contribution in [3.8, 4) is 0 Å². The monoisotopic (exact) mass is 103 g/mol. The molecule has 7 heavy (non-hydrogen) atoms. The zero-order chi connectivity index (χ0) is 5.86. The quantitative estimate of drug-likeness (QED) is 0.387. The van der Waals surface area contributed by atoms with Gasteiger partial charge in [-0.05, 0) is 0 Å². The summed E-state index contributed by atoms with van der Waals surface area (Å²) in [7, 11) is 0. The lowest BCUT2D eigenvalue weighted by atomic mass is 10.3. The van der Waals surface area contributed by atoms with Gasteiger partial charge in [0.2, 0.25) is 6.04 Å². The van der Waals surface area contributed by atoms with E-state index in [2.05, 4.69) is 0 Å². The van der Waals surface area contributed by atoms with Gasteiger partial charge in [-0.25, -0.2) is 0 Å². The van der Waals surface area contributed by atoms with Gasteiger partial charge in [0.1, 0.15) is 0 Å². The Hall–Kier alpha value is -0.600. The van der Waals surface area contributed by atoms with Gasteiger partial charge in [0.05, 0.1) is 0 Å². The van der Waals surface area contributed by atoms with Crippen molar-refractivity contribution in [1.29, 1.82) is 0 Å². The predicted molar refractivity (Wildman–Crippen MR) is 26.7 cm³/mol. The summed E-state index contributed by atoms with van der Waals surface area (Å²) in [5, 5.41) is 9.74. The predicted octanol–water partition coefficient (Wildman–Crippen LogP) is 1.06. The van der Waals surface area contributed by atoms with Crippen LogP contribution in [0.2, 0.25) is 0 Å². The molecule has 1 atom stereocenters. The van der Waals surface area contributed by atoms with Gasteiger partial charge >= 0.3 is 0 Å². The zero-order valence-electron chi connectivity index (χ0n) is 4.55. The normalized spacial score (nSPS) is 13.4. The molecular weight excluding hydrogens is 94.0 g/mol. The van der Waals surface area contributed by atoms with E-state index in [1.54, 1.807) is 13.8 Å². The summed E-state index contributed by atoms with van der Waals surface area (Å²) >= 11 is 0. The Bertz CT molecular complexity index is 72.1. The fraction of sp³-hybridized carbons (Fsp3) is 1.00. The molecule has 1 unspecified atom stereocenters. The molecule has 0 saturated heterocycles. The smallest absolute Gasteiger partial charge is 0.210 e. The third kappa shape index (κ3) is 2.14. The minimum atomic E-state index is -0.375. The highest BCUT2D eigenvalue weighted by atomic mass is 16.6. The summed E-state index contributed by atoms with van der Waals surface area (Å²) in [4.78, 5) is 9.46. The molecule has 0 heterocycles. The van der Waals surface area contributed by atoms with Crippen LogP contribution >= 0.6 is 0 Å². The van der Waals surface area contributed by atoms with Crippen LogP contribution in [0.3, 0.4) is 0 Å². The van der Waals surface area contributed by atoms with E-state index in [0.717, 1.165) is 0 Å². The third-order valence-electron chi connectivity index (χ3n) is 0.951. The van der Waals surface area contributed by atoms with Crippen molar-refractivity contribution < 1.29 is 4.92 Å². The van der Waals surface area contributed by atoms with E-state index in [9.17, 15) is 10.1 Å². The molecule has 0 amide bonds. The van der Waals surface area contributed by atoms with Gasteiger partial charge in [0.25, 0.3) is 0 Å². The average Bonchev–Trinajstić information content (AvgIpc) is 1.65. The second-order valence-electron chi connectivity index (χ2n) is 1.54. The molecule has 0 rings (SSSR count). The van der Waals surface area contributed by atoms with E-state index in [1.165, 1.54) is 0 Å². The number of nitrogens with zero attached hydrogens (tertiary/aromatic N) is 1. The van der Waals surface area contributed by atoms with Gasteiger partial charge in [0, 0.05) is 18.3 Å². The van der Waals surface area contributed by atoms with Crippen molar-refractivity contribution in [3.05, 3.63) is 10.1 Å². The van der Waals surface area contributed by atoms with Gasteiger partial charge in [-0.1, -0.05) is 6.92 Å². The standard InChI is InChI=1S/C4H9NO2/c1-3-4(2)5(6)7/h4H,3H2,1-2H3. The highest BCUT2D eigenvalue weighted by Gasteiger charge is 2.06. The van der Waals surface area contributed by atoms with Crippen molar-refractivity contribution in [2.75, 3.05) is 0 Å². The van der Waals surface area contributed by atoms with E-state index in [-0.39, 0.29) is 11.0 Å². The summed E-state index contributed by atoms with van der Waals surface area (Å²) in [6, 6.07) is -0.375. The van der Waals surface area contributed by atoms with Crippen LogP contribution < -0.4 is 0 Å². The van der Waals surface area contributed by atoms with Crippen LogP contribution in [0.25, 0.3) is 0 Å². The number of hydrogen-bond donors (Lipinski definition) is 0. The number of nitro groups is 1. The van der Waals surface area contributed by atoms with E-state index >= 15 is 0 Å². The first-order chi connectivity index (χ1) is 3.18. The second-order valence-corrected chi connectivity index (χ2v) is 1.54. The Morgan fingerprint density at radius 2 is 2.29 bits per heavy atom. The highest BCUT2D eigenvalue weighted by molar-refractivity contribution is 4.39. The first-order valence-corrected chi connectivity index (χ1v) is 2.32. The topological polar surface area (TPSA) is 43.1 Å². The Balaban J connectivity index is 3.34. The second kappa shape index (κ2) is 2.55. The molecular formula is C4H9NO2. The summed E-state index contributed by atoms with van der Waals surface area (Å²) < 4.78 is 0. The molecule has 0 spiro atoms. The fourth-order valence-electron chi connectivity index (χ4n) is 0.149. The number of rotatable bonds is 2. The molecule has 0 aliphatic rings. The molecule has 0 aromatic heterocycles. The largest absolute Gasteiger partial charge is 0.264 e. The first-order valence-electron chi connectivity index (χ1n) is 2.32. The molecule has 0 aromatic carbocycles. The van der Waals surface area contributed by atoms with E-state index in [0.29, 0.717) is 6.42 Å². The molecule has 0 aliphatic carbocycles. The molecule has 42 valence electrons. The van der Waals surface area contributed by atoms with Crippen molar-refractivity contribution in [2.45, 2.75) is 26.3 Å². The van der Waals surface area contributed by atoms with Gasteiger partial charge in [-0.15, -0.1) is 0 Å². The molecule has 3 nitrogen and oxygen atoms in total. The summed E-state index contributed by atoms with van der Waals surface area (Å²) in [5.41, 5.74) is 0. The van der Waals surface area contributed by atoms with E-state index < -0.39 is 0 Å². The first kappa shape index (κ1) is 6.40. The Morgan fingerprint density at radius 3 is 2.29 bits per heavy atom. The van der Waals surface area contributed by atoms with Crippen molar-refractivity contribution >= 4 is 0 Å². The fourth-order valence-corrected chi connectivity index (χ4v) is 0.149. The Kier molecular flexibility index (Phi) is 2.33. The van der Waals surface area contributed by atoms with Crippen LogP contribution in [-0.2, 0) is 0 Å². The van der Waals surface area contributed by atoms with Crippen LogP contribution in [0, 0.1) is 10.1 Å². The summed E-state index contributed by atoms with van der Waals surface area (Å²) in [6.45, 7) is 3.40. The van der Waals surface area contributed by atoms with E-state index in [4.69, 9.17) is 0 Å². The van der Waals surface area contributed by atoms with Crippen LogP contribution in [0.15, 0.2) is 0 Å². The van der Waals surface area contributed by atoms with Crippen molar-refractivity contribution in [1.82, 2.24) is 0 Å². The molecule has 0 bridgehead atoms. The third-order valence-corrected chi connectivity index (χ3v) is 0.951. The molecule has 0 aromatic rings. The maximum atomic E-state index is 9.74. The minimum Gasteiger partial charge on any atom is -0.264 e. The highest BCUT2D eigenvalue weighted by Crippen LogP contribution is 1.90. The minimum absolute atomic E-state index is 0.278. The average molecular weight is 103 g/mol. The van der Waals surface area contributed by atoms with Gasteiger partial charge in [0.15, 0.2) is 0 Å². The molecule has 3 heteroatoms. The maximum Gasteiger partial charge on any atom is 0.210 e. The maximum absolute atomic E-state index is 9.74. The molecule has 0 saturated carbocycles.